The molecule has 2 aromatic rings. The number of benzene rings is 1. The number of hydrazine groups is 1. The topological polar surface area (TPSA) is 93.2 Å². The van der Waals surface area contributed by atoms with Crippen LogP contribution in [0.3, 0.4) is 0 Å². The summed E-state index contributed by atoms with van der Waals surface area (Å²) in [5, 5.41) is 14.2. The number of aryl methyl sites for hydroxylation is 1. The molecule has 0 saturated carbocycles. The van der Waals surface area contributed by atoms with E-state index < -0.39 is 4.92 Å². The van der Waals surface area contributed by atoms with Crippen molar-refractivity contribution in [1.82, 2.24) is 0 Å². The lowest BCUT2D eigenvalue weighted by atomic mass is 10.2. The van der Waals surface area contributed by atoms with Gasteiger partial charge in [-0.25, -0.2) is 0 Å². The molecule has 0 aliphatic heterocycles. The maximum atomic E-state index is 11.1. The van der Waals surface area contributed by atoms with Gasteiger partial charge < -0.3 is 10.7 Å². The molecule has 1 heterocycles. The van der Waals surface area contributed by atoms with E-state index in [1.807, 2.05) is 19.1 Å². The summed E-state index contributed by atoms with van der Waals surface area (Å²) in [4.78, 5) is 13.0. The van der Waals surface area contributed by atoms with Crippen LogP contribution >= 0.6 is 11.3 Å². The van der Waals surface area contributed by atoms with Gasteiger partial charge in [0.05, 0.1) is 4.92 Å². The van der Waals surface area contributed by atoms with Crippen LogP contribution in [0.2, 0.25) is 0 Å². The fraction of sp³-hybridized carbons (Fsp3) is 0.167. The Balaban J connectivity index is 2.22. The Morgan fingerprint density at radius 3 is 2.63 bits per heavy atom. The normalized spacial score (nSPS) is 10.2. The largest absolute Gasteiger partial charge is 0.375 e. The lowest BCUT2D eigenvalue weighted by Crippen LogP contribution is -2.10. The molecule has 100 valence electrons. The maximum Gasteiger partial charge on any atom is 0.316 e. The summed E-state index contributed by atoms with van der Waals surface area (Å²) in [7, 11) is 0. The van der Waals surface area contributed by atoms with Gasteiger partial charge in [0.25, 0.3) is 0 Å². The standard InChI is InChI=1S/C12H14N4O2S/c1-8-5-6-9(19-8)7-14-10-3-2-4-11(15-13)12(10)16(17)18/h2-6,14-15H,7,13H2,1H3. The molecule has 1 aromatic carbocycles. The lowest BCUT2D eigenvalue weighted by molar-refractivity contribution is -0.383. The fourth-order valence-corrected chi connectivity index (χ4v) is 2.59. The van der Waals surface area contributed by atoms with Crippen LogP contribution in [0.15, 0.2) is 30.3 Å². The summed E-state index contributed by atoms with van der Waals surface area (Å²) in [6.07, 6.45) is 0. The van der Waals surface area contributed by atoms with Gasteiger partial charge in [0, 0.05) is 16.3 Å². The summed E-state index contributed by atoms with van der Waals surface area (Å²) in [5.41, 5.74) is 3.04. The molecule has 19 heavy (non-hydrogen) atoms. The van der Waals surface area contributed by atoms with Crippen molar-refractivity contribution >= 4 is 28.4 Å². The molecule has 0 unspecified atom stereocenters. The van der Waals surface area contributed by atoms with Crippen LogP contribution in [0.4, 0.5) is 17.1 Å². The summed E-state index contributed by atoms with van der Waals surface area (Å²) in [5.74, 6) is 5.29. The summed E-state index contributed by atoms with van der Waals surface area (Å²) in [6.45, 7) is 2.57. The van der Waals surface area contributed by atoms with Crippen molar-refractivity contribution in [2.75, 3.05) is 10.7 Å². The van der Waals surface area contributed by atoms with Gasteiger partial charge >= 0.3 is 5.69 Å². The van der Waals surface area contributed by atoms with E-state index in [9.17, 15) is 10.1 Å². The SMILES string of the molecule is Cc1ccc(CNc2cccc(NN)c2[N+](=O)[O-])s1. The van der Waals surface area contributed by atoms with Gasteiger partial charge in [0.15, 0.2) is 0 Å². The highest BCUT2D eigenvalue weighted by Gasteiger charge is 2.18. The van der Waals surface area contributed by atoms with E-state index in [1.54, 1.807) is 29.5 Å². The molecule has 2 rings (SSSR count). The van der Waals surface area contributed by atoms with E-state index in [2.05, 4.69) is 10.7 Å². The van der Waals surface area contributed by atoms with Crippen molar-refractivity contribution in [2.24, 2.45) is 5.84 Å². The zero-order chi connectivity index (χ0) is 13.8. The van der Waals surface area contributed by atoms with Crippen molar-refractivity contribution < 1.29 is 4.92 Å². The zero-order valence-electron chi connectivity index (χ0n) is 10.3. The third-order valence-electron chi connectivity index (χ3n) is 2.62. The highest BCUT2D eigenvalue weighted by Crippen LogP contribution is 2.32. The first-order valence-corrected chi connectivity index (χ1v) is 6.46. The first kappa shape index (κ1) is 13.3. The van der Waals surface area contributed by atoms with Gasteiger partial charge in [0.1, 0.15) is 11.4 Å². The van der Waals surface area contributed by atoms with E-state index in [-0.39, 0.29) is 11.4 Å². The second-order valence-corrected chi connectivity index (χ2v) is 5.34. The number of nitrogens with zero attached hydrogens (tertiary/aromatic N) is 1. The molecule has 0 aliphatic carbocycles. The minimum absolute atomic E-state index is 0.0433. The molecule has 0 atom stereocenters. The van der Waals surface area contributed by atoms with E-state index in [0.29, 0.717) is 12.2 Å². The van der Waals surface area contributed by atoms with Gasteiger partial charge in [0.2, 0.25) is 0 Å². The molecule has 7 heteroatoms. The molecular weight excluding hydrogens is 264 g/mol. The average Bonchev–Trinajstić information content (AvgIpc) is 2.81. The Kier molecular flexibility index (Phi) is 3.98. The second kappa shape index (κ2) is 5.68. The van der Waals surface area contributed by atoms with Crippen molar-refractivity contribution in [1.29, 1.82) is 0 Å². The molecule has 0 radical (unpaired) electrons. The number of hydrogen-bond acceptors (Lipinski definition) is 6. The van der Waals surface area contributed by atoms with Crippen LogP contribution in [0.1, 0.15) is 9.75 Å². The lowest BCUT2D eigenvalue weighted by Gasteiger charge is -2.08. The molecule has 4 N–H and O–H groups in total. The van der Waals surface area contributed by atoms with E-state index in [1.165, 1.54) is 4.88 Å². The predicted molar refractivity (Wildman–Crippen MR) is 77.3 cm³/mol. The van der Waals surface area contributed by atoms with Crippen molar-refractivity contribution in [2.45, 2.75) is 13.5 Å². The number of nitrogen functional groups attached to an aromatic ring is 1. The number of hydrogen-bond donors (Lipinski definition) is 3. The Labute approximate surface area is 114 Å². The smallest absolute Gasteiger partial charge is 0.316 e. The van der Waals surface area contributed by atoms with Crippen LogP contribution in [0, 0.1) is 17.0 Å². The fourth-order valence-electron chi connectivity index (χ4n) is 1.76. The number of para-hydroxylation sites is 1. The molecule has 0 bridgehead atoms. The van der Waals surface area contributed by atoms with E-state index in [4.69, 9.17) is 5.84 Å². The number of nitro groups is 1. The third kappa shape index (κ3) is 3.01. The van der Waals surface area contributed by atoms with Crippen molar-refractivity contribution in [3.8, 4) is 0 Å². The predicted octanol–water partition coefficient (Wildman–Crippen LogP) is 2.86. The molecule has 6 nitrogen and oxygen atoms in total. The van der Waals surface area contributed by atoms with E-state index >= 15 is 0 Å². The van der Waals surface area contributed by atoms with Gasteiger partial charge in [-0.05, 0) is 31.2 Å². The molecular formula is C12H14N4O2S. The Bertz CT molecular complexity index is 597. The Morgan fingerprint density at radius 1 is 1.32 bits per heavy atom. The van der Waals surface area contributed by atoms with Gasteiger partial charge in [-0.2, -0.15) is 0 Å². The minimum atomic E-state index is -0.447. The summed E-state index contributed by atoms with van der Waals surface area (Å²) in [6, 6.07) is 8.97. The van der Waals surface area contributed by atoms with Crippen LogP contribution in [-0.2, 0) is 6.54 Å². The Morgan fingerprint density at radius 2 is 2.05 bits per heavy atom. The van der Waals surface area contributed by atoms with Crippen molar-refractivity contribution in [3.63, 3.8) is 0 Å². The monoisotopic (exact) mass is 278 g/mol. The third-order valence-corrected chi connectivity index (χ3v) is 3.62. The maximum absolute atomic E-state index is 11.1. The highest BCUT2D eigenvalue weighted by molar-refractivity contribution is 7.11. The number of rotatable bonds is 5. The number of nitrogens with one attached hydrogen (secondary N) is 2. The molecule has 0 spiro atoms. The Hall–Kier alpha value is -2.12. The summed E-state index contributed by atoms with van der Waals surface area (Å²) >= 11 is 1.66. The summed E-state index contributed by atoms with van der Waals surface area (Å²) < 4.78 is 0. The molecule has 0 amide bonds. The minimum Gasteiger partial charge on any atom is -0.375 e. The first-order valence-electron chi connectivity index (χ1n) is 5.65. The van der Waals surface area contributed by atoms with E-state index in [0.717, 1.165) is 4.88 Å². The van der Waals surface area contributed by atoms with Crippen LogP contribution < -0.4 is 16.6 Å². The first-order chi connectivity index (χ1) is 9.11. The van der Waals surface area contributed by atoms with Crippen LogP contribution in [0.5, 0.6) is 0 Å². The zero-order valence-corrected chi connectivity index (χ0v) is 11.2. The molecule has 0 saturated heterocycles. The molecule has 0 fully saturated rings. The molecule has 0 aliphatic rings. The average molecular weight is 278 g/mol. The molecule has 1 aromatic heterocycles. The van der Waals surface area contributed by atoms with Gasteiger partial charge in [-0.3, -0.25) is 16.0 Å². The number of anilines is 2. The van der Waals surface area contributed by atoms with Gasteiger partial charge in [-0.1, -0.05) is 6.07 Å². The highest BCUT2D eigenvalue weighted by atomic mass is 32.1. The van der Waals surface area contributed by atoms with Crippen LogP contribution in [-0.4, -0.2) is 4.92 Å². The quantitative estimate of drug-likeness (QED) is 0.444. The van der Waals surface area contributed by atoms with Crippen LogP contribution in [0.25, 0.3) is 0 Å². The van der Waals surface area contributed by atoms with Gasteiger partial charge in [-0.15, -0.1) is 11.3 Å². The number of nitrogens with two attached hydrogens (primary N) is 1. The number of thiophene rings is 1. The van der Waals surface area contributed by atoms with Crippen molar-refractivity contribution in [3.05, 3.63) is 50.2 Å². The second-order valence-electron chi connectivity index (χ2n) is 3.97. The number of nitro benzene ring substituents is 1.